The average molecular weight is 1660 g/mol. The molecule has 0 bridgehead atoms. The SMILES string of the molecule is C.CC1(C)c2ccccc2-c2cccc(Br)c21.CC1(C)c2ccccc2-c2cccc(N(c3cccc(-c4ccc5c(c4)c4ccccc4n5-c4ccccc4)c3)c3cccc4c3C(C)(C)c3ccccc3-4)c21.Nc1cccc(-c2ccc3c(c2)c2ccccc2n3-c2ccccc2)c1.S=S=S=S=S=S=S=S=S=S. The van der Waals surface area contributed by atoms with Crippen molar-refractivity contribution in [2.75, 3.05) is 10.6 Å². The number of nitrogens with two attached hydrogens (primary N) is 1. The van der Waals surface area contributed by atoms with Crippen LogP contribution in [-0.2, 0) is 110 Å². The van der Waals surface area contributed by atoms with Gasteiger partial charge in [-0.25, -0.2) is 0 Å². The fourth-order valence-electron chi connectivity index (χ4n) is 16.8. The first-order chi connectivity index (χ1) is 52.7. The fraction of sp³-hybridized carbons (Fsp3) is 0.106. The minimum atomic E-state index is -0.188. The van der Waals surface area contributed by atoms with Crippen molar-refractivity contribution >= 4 is 176 Å². The normalized spacial score (nSPS) is 13.0. The number of anilines is 4. The highest BCUT2D eigenvalue weighted by Crippen LogP contribution is 2.59. The van der Waals surface area contributed by atoms with Crippen LogP contribution in [0, 0.1) is 0 Å². The molecule has 0 saturated carbocycles. The van der Waals surface area contributed by atoms with Gasteiger partial charge in [0, 0.05) is 158 Å². The molecule has 2 aromatic heterocycles. The molecule has 0 aliphatic heterocycles. The number of fused-ring (bicyclic) bond motifs is 15. The van der Waals surface area contributed by atoms with E-state index >= 15 is 0 Å². The number of hydrogen-bond donors (Lipinski definition) is 1. The summed E-state index contributed by atoms with van der Waals surface area (Å²) in [6.07, 6.45) is 0. The van der Waals surface area contributed by atoms with Gasteiger partial charge in [0.25, 0.3) is 0 Å². The summed E-state index contributed by atoms with van der Waals surface area (Å²) in [6, 6.07) is 116. The number of nitrogens with zero attached hydrogens (tertiary/aromatic N) is 3. The van der Waals surface area contributed by atoms with E-state index in [9.17, 15) is 0 Å². The molecule has 540 valence electrons. The Hall–Kier alpha value is -9.04. The highest BCUT2D eigenvalue weighted by molar-refractivity contribution is 9.10. The quantitative estimate of drug-likeness (QED) is 0.161. The van der Waals surface area contributed by atoms with Crippen LogP contribution in [0.25, 0.3) is 111 Å². The molecule has 2 heterocycles. The molecule has 0 radical (unpaired) electrons. The Morgan fingerprint density at radius 3 is 1.12 bits per heavy atom. The highest BCUT2D eigenvalue weighted by Gasteiger charge is 2.43. The van der Waals surface area contributed by atoms with Gasteiger partial charge in [-0.15, -0.1) is 0 Å². The van der Waals surface area contributed by atoms with Crippen LogP contribution in [0.15, 0.2) is 326 Å². The van der Waals surface area contributed by atoms with E-state index in [0.29, 0.717) is 0 Å². The summed E-state index contributed by atoms with van der Waals surface area (Å²) in [5.41, 5.74) is 38.4. The maximum atomic E-state index is 5.98. The van der Waals surface area contributed by atoms with E-state index in [0.717, 1.165) is 16.9 Å². The molecule has 0 fully saturated rings. The summed E-state index contributed by atoms with van der Waals surface area (Å²) in [7, 11) is 12.7. The molecule has 16 aromatic rings. The highest BCUT2D eigenvalue weighted by atomic mass is 79.9. The topological polar surface area (TPSA) is 39.1 Å². The molecule has 4 nitrogen and oxygen atoms in total. The largest absolute Gasteiger partial charge is 0.399 e. The third kappa shape index (κ3) is 14.1. The van der Waals surface area contributed by atoms with Gasteiger partial charge in [-0.3, -0.25) is 0 Å². The zero-order chi connectivity index (χ0) is 74.3. The van der Waals surface area contributed by atoms with E-state index in [-0.39, 0.29) is 23.7 Å². The van der Waals surface area contributed by atoms with Crippen molar-refractivity contribution in [3.8, 4) is 67.0 Å². The van der Waals surface area contributed by atoms with Crippen LogP contribution < -0.4 is 10.6 Å². The van der Waals surface area contributed by atoms with Crippen LogP contribution in [0.1, 0.15) is 82.3 Å². The Bertz CT molecular complexity index is 6480. The molecule has 14 aromatic carbocycles. The molecular weight excluding hydrogens is 1590 g/mol. The Morgan fingerprint density at radius 2 is 0.661 bits per heavy atom. The molecule has 109 heavy (non-hydrogen) atoms. The van der Waals surface area contributed by atoms with Crippen molar-refractivity contribution in [3.05, 3.63) is 359 Å². The predicted octanol–water partition coefficient (Wildman–Crippen LogP) is 25.9. The second-order valence-electron chi connectivity index (χ2n) is 28.5. The lowest BCUT2D eigenvalue weighted by Crippen LogP contribution is -2.24. The molecule has 0 saturated heterocycles. The van der Waals surface area contributed by atoms with Crippen LogP contribution >= 0.6 is 15.9 Å². The summed E-state index contributed by atoms with van der Waals surface area (Å²) in [5.74, 6) is 0. The Balaban J connectivity index is 0.000000145. The summed E-state index contributed by atoms with van der Waals surface area (Å²) in [4.78, 5) is 2.57. The molecule has 0 atom stereocenters. The van der Waals surface area contributed by atoms with Gasteiger partial charge in [0.2, 0.25) is 0 Å². The lowest BCUT2D eigenvalue weighted by Gasteiger charge is -2.35. The Labute approximate surface area is 680 Å². The molecule has 0 spiro atoms. The van der Waals surface area contributed by atoms with Crippen LogP contribution in [0.2, 0.25) is 0 Å². The molecule has 0 amide bonds. The Morgan fingerprint density at radius 1 is 0.312 bits per heavy atom. The number of benzene rings is 14. The van der Waals surface area contributed by atoms with Crippen molar-refractivity contribution in [1.29, 1.82) is 0 Å². The van der Waals surface area contributed by atoms with Crippen molar-refractivity contribution in [2.24, 2.45) is 0 Å². The first kappa shape index (κ1) is 75.4. The fourth-order valence-corrected chi connectivity index (χ4v) is 34.2. The number of halogens is 1. The summed E-state index contributed by atoms with van der Waals surface area (Å²) >= 11 is 13.0. The monoisotopic (exact) mass is 1660 g/mol. The van der Waals surface area contributed by atoms with E-state index in [1.54, 1.807) is 53.3 Å². The number of nitrogen functional groups attached to an aromatic ring is 1. The standard InChI is InChI=1S/C54H42N2.C24H18N2.C15H13Br.CH4.S10/c1-53(2)45-26-11-8-21-39(45)42-24-15-29-49(51(42)53)56(50-30-16-25-43-40-22-9-12-27-46(40)54(3,4)52(43)50)38-20-14-17-35(33-38)36-31-32-48-44(34-36)41-23-10-13-28-47(41)55(48)37-18-6-5-7-19-37;25-19-8-6-7-17(15-19)18-13-14-24-22(16-18)21-11-4-5-12-23(21)26(24)20-9-2-1-3-10-20;1-15(2)12-8-4-3-6-10(12)11-7-5-9-13(16)14(11)15;;1-3-5-7-9-10-8-6-4-2/h5-34H,1-4H3;1-16H,25H2;3-9H,1-2H3;1H4;. The molecule has 2 N–H and O–H groups in total. The minimum Gasteiger partial charge on any atom is -0.399 e. The third-order valence-corrected chi connectivity index (χ3v) is 37.6. The smallest absolute Gasteiger partial charge is 0.0541 e. The first-order valence-electron chi connectivity index (χ1n) is 35.5. The summed E-state index contributed by atoms with van der Waals surface area (Å²) < 4.78 is 5.93. The van der Waals surface area contributed by atoms with Gasteiger partial charge in [-0.2, -0.15) is 0 Å². The maximum Gasteiger partial charge on any atom is 0.0541 e. The van der Waals surface area contributed by atoms with Gasteiger partial charge in [-0.1, -0.05) is 283 Å². The third-order valence-electron chi connectivity index (χ3n) is 21.4. The maximum absolute atomic E-state index is 5.98. The van der Waals surface area contributed by atoms with Gasteiger partial charge in [0.1, 0.15) is 0 Å². The number of aromatic nitrogens is 2. The molecule has 0 unspecified atom stereocenters. The molecule has 15 heteroatoms. The van der Waals surface area contributed by atoms with Gasteiger partial charge >= 0.3 is 0 Å². The van der Waals surface area contributed by atoms with E-state index in [2.05, 4.69) is 397 Å². The van der Waals surface area contributed by atoms with Gasteiger partial charge < -0.3 is 19.8 Å². The summed E-state index contributed by atoms with van der Waals surface area (Å²) in [5, 5.41) is 5.03. The molecule has 19 rings (SSSR count). The predicted molar refractivity (Wildman–Crippen MR) is 499 cm³/mol. The lowest BCUT2D eigenvalue weighted by molar-refractivity contribution is 0.656. The molecular formula is C94H77BrN4S10. The molecule has 3 aliphatic rings. The lowest BCUT2D eigenvalue weighted by atomic mass is 9.80. The summed E-state index contributed by atoms with van der Waals surface area (Å²) in [6.45, 7) is 14.2. The second-order valence-corrected chi connectivity index (χ2v) is 43.5. The zero-order valence-corrected chi connectivity index (χ0v) is 69.7. The molecule has 3 aliphatic carbocycles. The van der Waals surface area contributed by atoms with Crippen LogP contribution in [0.3, 0.4) is 0 Å². The van der Waals surface area contributed by atoms with Gasteiger partial charge in [0.15, 0.2) is 0 Å². The van der Waals surface area contributed by atoms with Crippen molar-refractivity contribution < 1.29 is 0 Å². The zero-order valence-electron chi connectivity index (χ0n) is 60.0. The Kier molecular flexibility index (Phi) is 22.2. The van der Waals surface area contributed by atoms with Gasteiger partial charge in [0.05, 0.1) is 33.4 Å². The van der Waals surface area contributed by atoms with Crippen molar-refractivity contribution in [2.45, 2.75) is 65.2 Å². The van der Waals surface area contributed by atoms with E-state index in [1.165, 1.54) is 172 Å². The van der Waals surface area contributed by atoms with Crippen LogP contribution in [-0.4, -0.2) is 9.13 Å². The first-order valence-corrected chi connectivity index (χ1v) is 48.3. The van der Waals surface area contributed by atoms with Crippen LogP contribution in [0.5, 0.6) is 0 Å². The number of rotatable bonds is 7. The van der Waals surface area contributed by atoms with Gasteiger partial charge in [-0.05, 0) is 192 Å². The van der Waals surface area contributed by atoms with Crippen molar-refractivity contribution in [3.63, 3.8) is 0 Å². The van der Waals surface area contributed by atoms with E-state index in [1.807, 2.05) is 18.2 Å². The van der Waals surface area contributed by atoms with Crippen molar-refractivity contribution in [1.82, 2.24) is 9.13 Å². The minimum absolute atomic E-state index is 0. The number of hydrogen-bond acceptors (Lipinski definition) is 4. The van der Waals surface area contributed by atoms with E-state index in [4.69, 9.17) is 5.73 Å². The number of para-hydroxylation sites is 4. The second kappa shape index (κ2) is 32.1. The van der Waals surface area contributed by atoms with E-state index < -0.39 is 0 Å². The van der Waals surface area contributed by atoms with Crippen LogP contribution in [0.4, 0.5) is 22.7 Å². The average Bonchev–Trinajstić information content (AvgIpc) is 1.56.